The van der Waals surface area contributed by atoms with Gasteiger partial charge in [-0.15, -0.1) is 0 Å². The number of methoxy groups -OCH3 is 1. The van der Waals surface area contributed by atoms with Crippen LogP contribution in [0.5, 0.6) is 5.75 Å². The average Bonchev–Trinajstić information content (AvgIpc) is 3.16. The summed E-state index contributed by atoms with van der Waals surface area (Å²) in [6, 6.07) is 18.3. The molecule has 1 N–H and O–H groups in total. The van der Waals surface area contributed by atoms with Crippen LogP contribution < -0.4 is 15.6 Å². The fourth-order valence-corrected chi connectivity index (χ4v) is 3.54. The van der Waals surface area contributed by atoms with Crippen molar-refractivity contribution in [1.82, 2.24) is 14.8 Å². The Kier molecular flexibility index (Phi) is 6.21. The molecule has 4 rings (SSSR count). The number of hydrogen-bond donors (Lipinski definition) is 1. The van der Waals surface area contributed by atoms with Crippen LogP contribution >= 0.6 is 0 Å². The highest BCUT2D eigenvalue weighted by atomic mass is 16.6. The second kappa shape index (κ2) is 9.39. The largest absolute Gasteiger partial charge is 0.496 e. The molecule has 168 valence electrons. The Morgan fingerprint density at radius 3 is 2.33 bits per heavy atom. The molecule has 1 aliphatic rings. The summed E-state index contributed by atoms with van der Waals surface area (Å²) in [5, 5.41) is 2.85. The molecule has 1 atom stereocenters. The zero-order chi connectivity index (χ0) is 23.4. The van der Waals surface area contributed by atoms with E-state index in [2.05, 4.69) is 5.32 Å². The fraction of sp³-hybridized carbons (Fsp3) is 0.167. The Labute approximate surface area is 189 Å². The zero-order valence-electron chi connectivity index (χ0n) is 17.8. The molecule has 0 saturated carbocycles. The Morgan fingerprint density at radius 2 is 1.73 bits per heavy atom. The third kappa shape index (κ3) is 4.62. The number of nitrogens with zero attached hydrogens (tertiary/aromatic N) is 2. The predicted octanol–water partition coefficient (Wildman–Crippen LogP) is 2.30. The van der Waals surface area contributed by atoms with E-state index >= 15 is 0 Å². The number of carbonyl (C=O) groups is 3. The van der Waals surface area contributed by atoms with Gasteiger partial charge < -0.3 is 14.8 Å². The topological polar surface area (TPSA) is 107 Å². The second-order valence-electron chi connectivity index (χ2n) is 7.29. The molecule has 1 saturated heterocycles. The summed E-state index contributed by atoms with van der Waals surface area (Å²) in [5.41, 5.74) is 1.04. The van der Waals surface area contributed by atoms with Crippen molar-refractivity contribution in [3.05, 3.63) is 94.4 Å². The Hall–Kier alpha value is -4.40. The summed E-state index contributed by atoms with van der Waals surface area (Å²) in [6.45, 7) is -0.432. The molecule has 2 aromatic carbocycles. The first-order chi connectivity index (χ1) is 16.0. The first-order valence-corrected chi connectivity index (χ1v) is 10.2. The monoisotopic (exact) mass is 447 g/mol. The lowest BCUT2D eigenvalue weighted by atomic mass is 10.1. The van der Waals surface area contributed by atoms with E-state index in [9.17, 15) is 19.2 Å². The van der Waals surface area contributed by atoms with Crippen molar-refractivity contribution >= 4 is 17.9 Å². The highest BCUT2D eigenvalue weighted by molar-refractivity contribution is 5.99. The maximum absolute atomic E-state index is 13.3. The van der Waals surface area contributed by atoms with Crippen LogP contribution in [0.3, 0.4) is 0 Å². The van der Waals surface area contributed by atoms with Crippen LogP contribution in [-0.4, -0.2) is 47.6 Å². The molecule has 1 aromatic heterocycles. The molecule has 33 heavy (non-hydrogen) atoms. The minimum Gasteiger partial charge on any atom is -0.496 e. The molecule has 3 amide bonds. The van der Waals surface area contributed by atoms with Crippen molar-refractivity contribution in [1.29, 1.82) is 0 Å². The van der Waals surface area contributed by atoms with Crippen LogP contribution in [0, 0.1) is 0 Å². The van der Waals surface area contributed by atoms with Crippen molar-refractivity contribution in [2.24, 2.45) is 0 Å². The van der Waals surface area contributed by atoms with E-state index in [0.29, 0.717) is 11.3 Å². The van der Waals surface area contributed by atoms with Crippen molar-refractivity contribution in [2.75, 3.05) is 20.3 Å². The van der Waals surface area contributed by atoms with E-state index in [1.165, 1.54) is 23.9 Å². The number of ether oxygens (including phenoxy) is 2. The Balaban J connectivity index is 1.68. The maximum atomic E-state index is 13.3. The molecular formula is C24H21N3O6. The van der Waals surface area contributed by atoms with Gasteiger partial charge in [-0.25, -0.2) is 9.69 Å². The maximum Gasteiger partial charge on any atom is 0.417 e. The highest BCUT2D eigenvalue weighted by Gasteiger charge is 2.34. The molecule has 0 aliphatic carbocycles. The number of rotatable bonds is 7. The smallest absolute Gasteiger partial charge is 0.417 e. The Bertz CT molecular complexity index is 1220. The van der Waals surface area contributed by atoms with E-state index < -0.39 is 23.9 Å². The third-order valence-corrected chi connectivity index (χ3v) is 5.23. The molecule has 1 fully saturated rings. The van der Waals surface area contributed by atoms with Gasteiger partial charge in [0.15, 0.2) is 6.61 Å². The van der Waals surface area contributed by atoms with Crippen molar-refractivity contribution in [2.45, 2.75) is 6.04 Å². The van der Waals surface area contributed by atoms with Crippen LogP contribution in [0.2, 0.25) is 0 Å². The summed E-state index contributed by atoms with van der Waals surface area (Å²) in [5.74, 6) is -0.913. The first-order valence-electron chi connectivity index (χ1n) is 10.2. The molecule has 9 nitrogen and oxygen atoms in total. The van der Waals surface area contributed by atoms with E-state index in [1.54, 1.807) is 48.5 Å². The van der Waals surface area contributed by atoms with Gasteiger partial charge in [0.05, 0.1) is 25.3 Å². The van der Waals surface area contributed by atoms with Gasteiger partial charge in [0.1, 0.15) is 5.75 Å². The standard InChI is InChI=1S/C24H21N3O6/c1-32-20-12-21(28)26(17-10-6-3-7-11-17)13-18(20)23(30)25-19(16-8-4-2-5-9-16)14-27-22(29)15-33-24(27)31/h2-13,19H,14-15H2,1H3,(H,25,30). The summed E-state index contributed by atoms with van der Waals surface area (Å²) in [7, 11) is 1.37. The Morgan fingerprint density at radius 1 is 1.06 bits per heavy atom. The molecule has 0 radical (unpaired) electrons. The van der Waals surface area contributed by atoms with Gasteiger partial charge in [0.2, 0.25) is 0 Å². The zero-order valence-corrected chi connectivity index (χ0v) is 17.8. The number of cyclic esters (lactones) is 1. The number of imide groups is 1. The van der Waals surface area contributed by atoms with Crippen molar-refractivity contribution in [3.63, 3.8) is 0 Å². The van der Waals surface area contributed by atoms with Gasteiger partial charge in [0.25, 0.3) is 17.4 Å². The number of para-hydroxylation sites is 1. The predicted molar refractivity (Wildman–Crippen MR) is 118 cm³/mol. The van der Waals surface area contributed by atoms with Gasteiger partial charge in [-0.3, -0.25) is 19.0 Å². The number of pyridine rings is 1. The molecule has 1 aliphatic heterocycles. The minimum atomic E-state index is -0.759. The lowest BCUT2D eigenvalue weighted by Crippen LogP contribution is -2.40. The quantitative estimate of drug-likeness (QED) is 0.596. The highest BCUT2D eigenvalue weighted by Crippen LogP contribution is 2.21. The van der Waals surface area contributed by atoms with Gasteiger partial charge in [-0.05, 0) is 17.7 Å². The van der Waals surface area contributed by atoms with Gasteiger partial charge >= 0.3 is 6.09 Å². The normalized spacial score (nSPS) is 14.0. The van der Waals surface area contributed by atoms with Crippen LogP contribution in [-0.2, 0) is 9.53 Å². The van der Waals surface area contributed by atoms with E-state index in [0.717, 1.165) is 4.90 Å². The molecule has 9 heteroatoms. The molecule has 0 bridgehead atoms. The second-order valence-corrected chi connectivity index (χ2v) is 7.29. The van der Waals surface area contributed by atoms with Crippen LogP contribution in [0.1, 0.15) is 22.0 Å². The van der Waals surface area contributed by atoms with Crippen LogP contribution in [0.25, 0.3) is 5.69 Å². The number of nitrogens with one attached hydrogen (secondary N) is 1. The summed E-state index contributed by atoms with van der Waals surface area (Å²) < 4.78 is 11.4. The minimum absolute atomic E-state index is 0.103. The van der Waals surface area contributed by atoms with Crippen molar-refractivity contribution < 1.29 is 23.9 Å². The summed E-state index contributed by atoms with van der Waals surface area (Å²) in [6.07, 6.45) is 0.647. The lowest BCUT2D eigenvalue weighted by molar-refractivity contribution is -0.126. The molecule has 0 spiro atoms. The first kappa shape index (κ1) is 21.8. The van der Waals surface area contributed by atoms with E-state index in [4.69, 9.17) is 9.47 Å². The number of carbonyl (C=O) groups excluding carboxylic acids is 3. The summed E-state index contributed by atoms with van der Waals surface area (Å²) >= 11 is 0. The molecular weight excluding hydrogens is 426 g/mol. The molecule has 2 heterocycles. The number of aromatic nitrogens is 1. The van der Waals surface area contributed by atoms with E-state index in [1.807, 2.05) is 12.1 Å². The van der Waals surface area contributed by atoms with E-state index in [-0.39, 0.29) is 30.0 Å². The third-order valence-electron chi connectivity index (χ3n) is 5.23. The van der Waals surface area contributed by atoms with Gasteiger partial charge in [-0.1, -0.05) is 48.5 Å². The number of hydrogen-bond acceptors (Lipinski definition) is 6. The van der Waals surface area contributed by atoms with Gasteiger partial charge in [0, 0.05) is 18.0 Å². The SMILES string of the molecule is COc1cc(=O)n(-c2ccccc2)cc1C(=O)NC(CN1C(=O)COC1=O)c1ccccc1. The number of benzene rings is 2. The van der Waals surface area contributed by atoms with Gasteiger partial charge in [-0.2, -0.15) is 0 Å². The molecule has 1 unspecified atom stereocenters. The lowest BCUT2D eigenvalue weighted by Gasteiger charge is -2.23. The summed E-state index contributed by atoms with van der Waals surface area (Å²) in [4.78, 5) is 50.9. The van der Waals surface area contributed by atoms with Crippen LogP contribution in [0.15, 0.2) is 77.7 Å². The fourth-order valence-electron chi connectivity index (χ4n) is 3.54. The number of amides is 3. The van der Waals surface area contributed by atoms with Crippen molar-refractivity contribution in [3.8, 4) is 11.4 Å². The van der Waals surface area contributed by atoms with Crippen LogP contribution in [0.4, 0.5) is 4.79 Å². The molecule has 3 aromatic rings. The average molecular weight is 447 g/mol.